The quantitative estimate of drug-likeness (QED) is 0.899. The van der Waals surface area contributed by atoms with Gasteiger partial charge in [-0.1, -0.05) is 13.3 Å². The van der Waals surface area contributed by atoms with Crippen molar-refractivity contribution in [2.75, 3.05) is 19.6 Å². The van der Waals surface area contributed by atoms with Gasteiger partial charge in [-0.25, -0.2) is 0 Å². The van der Waals surface area contributed by atoms with Crippen molar-refractivity contribution < 1.29 is 4.79 Å². The van der Waals surface area contributed by atoms with Gasteiger partial charge >= 0.3 is 0 Å². The predicted molar refractivity (Wildman–Crippen MR) is 84.8 cm³/mol. The highest BCUT2D eigenvalue weighted by molar-refractivity contribution is 5.94. The maximum absolute atomic E-state index is 12.7. The lowest BCUT2D eigenvalue weighted by Gasteiger charge is -2.32. The first-order valence-corrected chi connectivity index (χ1v) is 7.85. The minimum Gasteiger partial charge on any atom is -0.337 e. The molecule has 3 rings (SSSR count). The Kier molecular flexibility index (Phi) is 5.65. The van der Waals surface area contributed by atoms with Crippen LogP contribution in [0, 0.1) is 5.92 Å². The number of hydrogen-bond donors (Lipinski definition) is 2. The van der Waals surface area contributed by atoms with Crippen LogP contribution in [0.3, 0.4) is 0 Å². The highest BCUT2D eigenvalue weighted by Crippen LogP contribution is 2.24. The Balaban J connectivity index is 0.00000161. The molecule has 0 spiro atoms. The molecule has 0 aliphatic carbocycles. The summed E-state index contributed by atoms with van der Waals surface area (Å²) in [5.41, 5.74) is 2.86. The van der Waals surface area contributed by atoms with Crippen LogP contribution in [0.4, 0.5) is 0 Å². The molecule has 2 aliphatic heterocycles. The maximum Gasteiger partial charge on any atom is 0.274 e. The molecule has 0 saturated carbocycles. The van der Waals surface area contributed by atoms with E-state index in [2.05, 4.69) is 22.4 Å². The summed E-state index contributed by atoms with van der Waals surface area (Å²) in [7, 11) is 0. The predicted octanol–water partition coefficient (Wildman–Crippen LogP) is 2.13. The highest BCUT2D eigenvalue weighted by atomic mass is 35.5. The van der Waals surface area contributed by atoms with Gasteiger partial charge in [-0.15, -0.1) is 12.4 Å². The molecule has 3 heterocycles. The number of aromatic nitrogens is 2. The molecule has 1 fully saturated rings. The van der Waals surface area contributed by atoms with E-state index >= 15 is 0 Å². The number of amides is 1. The van der Waals surface area contributed by atoms with Gasteiger partial charge in [-0.2, -0.15) is 5.10 Å². The van der Waals surface area contributed by atoms with Crippen LogP contribution in [0.1, 0.15) is 54.4 Å². The van der Waals surface area contributed by atoms with Crippen molar-refractivity contribution in [3.63, 3.8) is 0 Å². The fourth-order valence-electron chi connectivity index (χ4n) is 3.45. The van der Waals surface area contributed by atoms with Crippen molar-refractivity contribution >= 4 is 18.3 Å². The van der Waals surface area contributed by atoms with Gasteiger partial charge in [0.15, 0.2) is 5.69 Å². The van der Waals surface area contributed by atoms with E-state index < -0.39 is 0 Å². The van der Waals surface area contributed by atoms with Crippen LogP contribution in [0.5, 0.6) is 0 Å². The number of aromatic amines is 1. The standard InChI is InChI=1S/C15H24N4O.ClH/c1-2-4-11-5-3-8-19(10-11)15(20)14-12-9-16-7-6-13(12)17-18-14;/h11,16H,2-10H2,1H3,(H,17,18);1H. The lowest BCUT2D eigenvalue weighted by atomic mass is 9.93. The van der Waals surface area contributed by atoms with E-state index in [1.54, 1.807) is 0 Å². The fourth-order valence-corrected chi connectivity index (χ4v) is 3.45. The van der Waals surface area contributed by atoms with Gasteiger partial charge in [0.2, 0.25) is 0 Å². The molecule has 1 atom stereocenters. The minimum atomic E-state index is 0. The number of nitrogens with one attached hydrogen (secondary N) is 2. The molecule has 1 aromatic rings. The van der Waals surface area contributed by atoms with Gasteiger partial charge in [-0.05, 0) is 25.2 Å². The van der Waals surface area contributed by atoms with Crippen LogP contribution in [-0.2, 0) is 13.0 Å². The molecule has 1 amide bonds. The first-order valence-electron chi connectivity index (χ1n) is 7.85. The van der Waals surface area contributed by atoms with Crippen LogP contribution in [0.2, 0.25) is 0 Å². The average molecular weight is 313 g/mol. The summed E-state index contributed by atoms with van der Waals surface area (Å²) in [4.78, 5) is 14.7. The van der Waals surface area contributed by atoms with E-state index in [-0.39, 0.29) is 18.3 Å². The number of nitrogens with zero attached hydrogens (tertiary/aromatic N) is 2. The number of H-pyrrole nitrogens is 1. The van der Waals surface area contributed by atoms with Crippen molar-refractivity contribution in [2.24, 2.45) is 5.92 Å². The Labute approximate surface area is 132 Å². The third kappa shape index (κ3) is 3.40. The second-order valence-corrected chi connectivity index (χ2v) is 6.00. The smallest absolute Gasteiger partial charge is 0.274 e. The molecule has 118 valence electrons. The molecule has 0 aromatic carbocycles. The zero-order valence-electron chi connectivity index (χ0n) is 12.7. The minimum absolute atomic E-state index is 0. The first-order chi connectivity index (χ1) is 9.79. The van der Waals surface area contributed by atoms with Gasteiger partial charge in [0, 0.05) is 43.9 Å². The number of halogens is 1. The third-order valence-electron chi connectivity index (χ3n) is 4.51. The number of rotatable bonds is 3. The van der Waals surface area contributed by atoms with Gasteiger partial charge in [0.05, 0.1) is 0 Å². The molecule has 2 aliphatic rings. The summed E-state index contributed by atoms with van der Waals surface area (Å²) >= 11 is 0. The molecule has 0 bridgehead atoms. The second-order valence-electron chi connectivity index (χ2n) is 6.00. The van der Waals surface area contributed by atoms with Crippen molar-refractivity contribution in [3.8, 4) is 0 Å². The maximum atomic E-state index is 12.7. The highest BCUT2D eigenvalue weighted by Gasteiger charge is 2.28. The van der Waals surface area contributed by atoms with Gasteiger partial charge in [0.25, 0.3) is 5.91 Å². The fraction of sp³-hybridized carbons (Fsp3) is 0.733. The van der Waals surface area contributed by atoms with Crippen LogP contribution in [0.25, 0.3) is 0 Å². The van der Waals surface area contributed by atoms with E-state index in [9.17, 15) is 4.79 Å². The van der Waals surface area contributed by atoms with Crippen molar-refractivity contribution in [1.29, 1.82) is 0 Å². The van der Waals surface area contributed by atoms with E-state index in [1.807, 2.05) is 4.90 Å². The Bertz CT molecular complexity index is 486. The summed E-state index contributed by atoms with van der Waals surface area (Å²) in [6.45, 7) is 5.73. The molecule has 21 heavy (non-hydrogen) atoms. The topological polar surface area (TPSA) is 61.0 Å². The van der Waals surface area contributed by atoms with E-state index in [4.69, 9.17) is 0 Å². The van der Waals surface area contributed by atoms with Crippen molar-refractivity contribution in [3.05, 3.63) is 17.0 Å². The molecule has 6 heteroatoms. The molecule has 1 aromatic heterocycles. The van der Waals surface area contributed by atoms with Crippen molar-refractivity contribution in [2.45, 2.75) is 45.6 Å². The number of likely N-dealkylation sites (tertiary alicyclic amines) is 1. The number of fused-ring (bicyclic) bond motifs is 1. The molecule has 0 radical (unpaired) electrons. The molecule has 1 saturated heterocycles. The summed E-state index contributed by atoms with van der Waals surface area (Å²) in [5.74, 6) is 0.789. The lowest BCUT2D eigenvalue weighted by molar-refractivity contribution is 0.0660. The summed E-state index contributed by atoms with van der Waals surface area (Å²) < 4.78 is 0. The van der Waals surface area contributed by atoms with Crippen LogP contribution in [0.15, 0.2) is 0 Å². The Morgan fingerprint density at radius 3 is 3.14 bits per heavy atom. The number of carbonyl (C=O) groups is 1. The summed E-state index contributed by atoms with van der Waals surface area (Å²) in [5, 5.41) is 10.7. The lowest BCUT2D eigenvalue weighted by Crippen LogP contribution is -2.40. The SMILES string of the molecule is CCCC1CCCN(C(=O)c2n[nH]c3c2CNCC3)C1.Cl. The molecule has 2 N–H and O–H groups in total. The van der Waals surface area contributed by atoms with E-state index in [0.29, 0.717) is 11.6 Å². The summed E-state index contributed by atoms with van der Waals surface area (Å²) in [6, 6.07) is 0. The average Bonchev–Trinajstić information content (AvgIpc) is 2.91. The first kappa shape index (κ1) is 16.3. The van der Waals surface area contributed by atoms with Crippen LogP contribution >= 0.6 is 12.4 Å². The van der Waals surface area contributed by atoms with Gasteiger partial charge in [-0.3, -0.25) is 9.89 Å². The summed E-state index contributed by atoms with van der Waals surface area (Å²) in [6.07, 6.45) is 5.76. The number of piperidine rings is 1. The number of carbonyl (C=O) groups excluding carboxylic acids is 1. The Hall–Kier alpha value is -1.07. The number of hydrogen-bond acceptors (Lipinski definition) is 3. The van der Waals surface area contributed by atoms with E-state index in [1.165, 1.54) is 19.3 Å². The molecule has 5 nitrogen and oxygen atoms in total. The molecular formula is C15H25ClN4O. The third-order valence-corrected chi connectivity index (χ3v) is 4.51. The Morgan fingerprint density at radius 1 is 1.48 bits per heavy atom. The van der Waals surface area contributed by atoms with Crippen LogP contribution < -0.4 is 5.32 Å². The second kappa shape index (κ2) is 7.27. The molecular weight excluding hydrogens is 288 g/mol. The molecule has 1 unspecified atom stereocenters. The van der Waals surface area contributed by atoms with Crippen molar-refractivity contribution in [1.82, 2.24) is 20.4 Å². The zero-order valence-corrected chi connectivity index (χ0v) is 13.5. The zero-order chi connectivity index (χ0) is 13.9. The van der Waals surface area contributed by atoms with Gasteiger partial charge in [0.1, 0.15) is 0 Å². The largest absolute Gasteiger partial charge is 0.337 e. The normalized spacial score (nSPS) is 21.6. The van der Waals surface area contributed by atoms with Gasteiger partial charge < -0.3 is 10.2 Å². The monoisotopic (exact) mass is 312 g/mol. The Morgan fingerprint density at radius 2 is 2.33 bits per heavy atom. The van der Waals surface area contributed by atoms with Crippen LogP contribution in [-0.4, -0.2) is 40.6 Å². The van der Waals surface area contributed by atoms with E-state index in [0.717, 1.165) is 50.3 Å².